The largest absolute Gasteiger partial charge is 0.497 e. The molecule has 0 aliphatic rings. The third kappa shape index (κ3) is 2.64. The fourth-order valence-electron chi connectivity index (χ4n) is 1.72. The van der Waals surface area contributed by atoms with Crippen molar-refractivity contribution < 1.29 is 18.7 Å². The minimum atomic E-state index is -3.71. The van der Waals surface area contributed by atoms with Gasteiger partial charge in [-0.05, 0) is 44.0 Å². The van der Waals surface area contributed by atoms with Gasteiger partial charge in [0.1, 0.15) is 5.75 Å². The standard InChI is InChI=1S/C11H17O4P/c1-5-15-16(12,13)11-8(2)6-10(14-4)7-9(11)3/h6-7H,5H2,1-4H3,(H,12,13). The average Bonchev–Trinajstić information content (AvgIpc) is 2.15. The maximum atomic E-state index is 11.9. The molecule has 1 atom stereocenters. The minimum absolute atomic E-state index is 0.207. The predicted octanol–water partition coefficient (Wildman–Crippen LogP) is 2.16. The summed E-state index contributed by atoms with van der Waals surface area (Å²) in [5.74, 6) is 0.676. The molecular formula is C11H17O4P. The van der Waals surface area contributed by atoms with Crippen LogP contribution >= 0.6 is 7.60 Å². The van der Waals surface area contributed by atoms with Crippen molar-refractivity contribution >= 4 is 12.9 Å². The molecule has 5 heteroatoms. The summed E-state index contributed by atoms with van der Waals surface area (Å²) < 4.78 is 22.0. The highest BCUT2D eigenvalue weighted by Crippen LogP contribution is 2.43. The van der Waals surface area contributed by atoms with Crippen LogP contribution in [-0.4, -0.2) is 18.6 Å². The van der Waals surface area contributed by atoms with Crippen molar-refractivity contribution in [2.24, 2.45) is 0 Å². The number of rotatable bonds is 4. The highest BCUT2D eigenvalue weighted by atomic mass is 31.2. The van der Waals surface area contributed by atoms with Gasteiger partial charge in [0.05, 0.1) is 19.0 Å². The molecule has 0 amide bonds. The van der Waals surface area contributed by atoms with Crippen LogP contribution in [-0.2, 0) is 9.09 Å². The van der Waals surface area contributed by atoms with E-state index in [1.807, 2.05) is 0 Å². The summed E-state index contributed by atoms with van der Waals surface area (Å²) in [4.78, 5) is 9.80. The van der Waals surface area contributed by atoms with Crippen molar-refractivity contribution in [3.8, 4) is 5.75 Å². The second-order valence-corrected chi connectivity index (χ2v) is 5.29. The third-order valence-electron chi connectivity index (χ3n) is 2.29. The Balaban J connectivity index is 3.29. The second-order valence-electron chi connectivity index (χ2n) is 3.55. The van der Waals surface area contributed by atoms with E-state index in [4.69, 9.17) is 9.26 Å². The third-order valence-corrected chi connectivity index (χ3v) is 4.17. The molecule has 4 nitrogen and oxygen atoms in total. The first-order chi connectivity index (χ1) is 7.42. The van der Waals surface area contributed by atoms with Gasteiger partial charge in [0, 0.05) is 0 Å². The van der Waals surface area contributed by atoms with Crippen LogP contribution in [0.15, 0.2) is 12.1 Å². The van der Waals surface area contributed by atoms with Gasteiger partial charge >= 0.3 is 7.60 Å². The number of hydrogen-bond acceptors (Lipinski definition) is 3. The van der Waals surface area contributed by atoms with Crippen molar-refractivity contribution in [2.75, 3.05) is 13.7 Å². The second kappa shape index (κ2) is 5.00. The van der Waals surface area contributed by atoms with Gasteiger partial charge in [-0.3, -0.25) is 4.57 Å². The summed E-state index contributed by atoms with van der Waals surface area (Å²) in [5.41, 5.74) is 1.41. The van der Waals surface area contributed by atoms with Gasteiger partial charge in [-0.1, -0.05) is 0 Å². The molecular weight excluding hydrogens is 227 g/mol. The summed E-state index contributed by atoms with van der Waals surface area (Å²) in [6, 6.07) is 3.45. The van der Waals surface area contributed by atoms with Crippen LogP contribution in [0.1, 0.15) is 18.1 Å². The lowest BCUT2D eigenvalue weighted by molar-refractivity contribution is 0.284. The molecule has 0 radical (unpaired) electrons. The topological polar surface area (TPSA) is 55.8 Å². The van der Waals surface area contributed by atoms with Crippen molar-refractivity contribution in [3.63, 3.8) is 0 Å². The molecule has 0 heterocycles. The van der Waals surface area contributed by atoms with Gasteiger partial charge in [-0.25, -0.2) is 0 Å². The maximum absolute atomic E-state index is 11.9. The molecule has 0 saturated carbocycles. The molecule has 1 aromatic carbocycles. The van der Waals surface area contributed by atoms with Crippen LogP contribution in [0.4, 0.5) is 0 Å². The maximum Gasteiger partial charge on any atom is 0.359 e. The van der Waals surface area contributed by atoms with Crippen LogP contribution in [0.3, 0.4) is 0 Å². The van der Waals surface area contributed by atoms with Gasteiger partial charge < -0.3 is 14.2 Å². The predicted molar refractivity (Wildman–Crippen MR) is 63.6 cm³/mol. The Bertz CT molecular complexity index is 405. The Hall–Kier alpha value is -0.830. The summed E-state index contributed by atoms with van der Waals surface area (Å²) in [6.45, 7) is 5.44. The lowest BCUT2D eigenvalue weighted by atomic mass is 10.1. The molecule has 0 aliphatic carbocycles. The zero-order valence-electron chi connectivity index (χ0n) is 9.98. The van der Waals surface area contributed by atoms with Gasteiger partial charge in [0.25, 0.3) is 0 Å². The zero-order chi connectivity index (χ0) is 12.3. The quantitative estimate of drug-likeness (QED) is 0.824. The Morgan fingerprint density at radius 3 is 2.19 bits per heavy atom. The highest BCUT2D eigenvalue weighted by molar-refractivity contribution is 7.61. The highest BCUT2D eigenvalue weighted by Gasteiger charge is 2.26. The van der Waals surface area contributed by atoms with Crippen LogP contribution in [0.5, 0.6) is 5.75 Å². The van der Waals surface area contributed by atoms with E-state index in [-0.39, 0.29) is 6.61 Å². The van der Waals surface area contributed by atoms with Crippen LogP contribution in [0.2, 0.25) is 0 Å². The van der Waals surface area contributed by atoms with Crippen LogP contribution in [0.25, 0.3) is 0 Å². The Morgan fingerprint density at radius 2 is 1.81 bits per heavy atom. The van der Waals surface area contributed by atoms with E-state index >= 15 is 0 Å². The van der Waals surface area contributed by atoms with Crippen molar-refractivity contribution in [3.05, 3.63) is 23.3 Å². The summed E-state index contributed by atoms with van der Waals surface area (Å²) >= 11 is 0. The molecule has 1 unspecified atom stereocenters. The normalized spacial score (nSPS) is 14.6. The van der Waals surface area contributed by atoms with Crippen molar-refractivity contribution in [1.82, 2.24) is 0 Å². The Labute approximate surface area is 95.7 Å². The molecule has 1 aromatic rings. The van der Waals surface area contributed by atoms with Gasteiger partial charge in [-0.2, -0.15) is 0 Å². The van der Waals surface area contributed by atoms with Gasteiger partial charge in [0.15, 0.2) is 0 Å². The minimum Gasteiger partial charge on any atom is -0.497 e. The Kier molecular flexibility index (Phi) is 4.14. The summed E-state index contributed by atoms with van der Waals surface area (Å²) in [5, 5.41) is 0.371. The van der Waals surface area contributed by atoms with Crippen LogP contribution in [0, 0.1) is 13.8 Å². The molecule has 1 rings (SSSR count). The van der Waals surface area contributed by atoms with Gasteiger partial charge in [-0.15, -0.1) is 0 Å². The van der Waals surface area contributed by atoms with E-state index in [1.54, 1.807) is 40.0 Å². The number of ether oxygens (including phenoxy) is 1. The summed E-state index contributed by atoms with van der Waals surface area (Å²) in [6.07, 6.45) is 0. The molecule has 0 aromatic heterocycles. The summed E-state index contributed by atoms with van der Waals surface area (Å²) in [7, 11) is -2.14. The molecule has 0 fully saturated rings. The first-order valence-electron chi connectivity index (χ1n) is 5.05. The van der Waals surface area contributed by atoms with E-state index in [0.717, 1.165) is 0 Å². The average molecular weight is 244 g/mol. The fourth-order valence-corrected chi connectivity index (χ4v) is 3.22. The lowest BCUT2D eigenvalue weighted by Gasteiger charge is -2.17. The molecule has 16 heavy (non-hydrogen) atoms. The van der Waals surface area contributed by atoms with E-state index in [0.29, 0.717) is 22.2 Å². The molecule has 0 aliphatic heterocycles. The molecule has 90 valence electrons. The zero-order valence-corrected chi connectivity index (χ0v) is 10.9. The van der Waals surface area contributed by atoms with E-state index in [2.05, 4.69) is 0 Å². The monoisotopic (exact) mass is 244 g/mol. The van der Waals surface area contributed by atoms with E-state index in [9.17, 15) is 9.46 Å². The first kappa shape index (κ1) is 13.2. The number of methoxy groups -OCH3 is 1. The smallest absolute Gasteiger partial charge is 0.359 e. The van der Waals surface area contributed by atoms with Crippen molar-refractivity contribution in [2.45, 2.75) is 20.8 Å². The molecule has 0 saturated heterocycles. The van der Waals surface area contributed by atoms with Gasteiger partial charge in [0.2, 0.25) is 0 Å². The number of aryl methyl sites for hydroxylation is 2. The Morgan fingerprint density at radius 1 is 1.31 bits per heavy atom. The molecule has 0 bridgehead atoms. The van der Waals surface area contributed by atoms with E-state index in [1.165, 1.54) is 0 Å². The number of benzene rings is 1. The number of hydrogen-bond donors (Lipinski definition) is 1. The molecule has 1 N–H and O–H groups in total. The van der Waals surface area contributed by atoms with Crippen LogP contribution < -0.4 is 10.0 Å². The molecule has 0 spiro atoms. The lowest BCUT2D eigenvalue weighted by Crippen LogP contribution is -2.14. The fraction of sp³-hybridized carbons (Fsp3) is 0.455. The SMILES string of the molecule is CCOP(=O)(O)c1c(C)cc(OC)cc1C. The first-order valence-corrected chi connectivity index (χ1v) is 6.63. The van der Waals surface area contributed by atoms with Crippen molar-refractivity contribution in [1.29, 1.82) is 0 Å². The van der Waals surface area contributed by atoms with E-state index < -0.39 is 7.60 Å².